The number of rotatable bonds is 3. The molecule has 1 unspecified atom stereocenters. The van der Waals surface area contributed by atoms with E-state index in [0.717, 1.165) is 15.6 Å². The molecule has 3 amide bonds. The first-order valence-electron chi connectivity index (χ1n) is 6.42. The summed E-state index contributed by atoms with van der Waals surface area (Å²) in [5, 5.41) is 6.59. The van der Waals surface area contributed by atoms with E-state index in [-0.39, 0.29) is 18.5 Å². The summed E-state index contributed by atoms with van der Waals surface area (Å²) in [6.45, 7) is 2.01. The van der Waals surface area contributed by atoms with Crippen LogP contribution in [0.15, 0.2) is 45.6 Å². The van der Waals surface area contributed by atoms with Crippen molar-refractivity contribution in [3.8, 4) is 0 Å². The van der Waals surface area contributed by atoms with Crippen LogP contribution in [0, 0.1) is 0 Å². The van der Waals surface area contributed by atoms with E-state index in [1.807, 2.05) is 41.1 Å². The van der Waals surface area contributed by atoms with Crippen LogP contribution in [-0.4, -0.2) is 16.8 Å². The molecule has 4 nitrogen and oxygen atoms in total. The van der Waals surface area contributed by atoms with Crippen molar-refractivity contribution >= 4 is 39.2 Å². The summed E-state index contributed by atoms with van der Waals surface area (Å²) in [6.07, 6.45) is 0. The number of nitrogens with zero attached hydrogens (tertiary/aromatic N) is 1. The van der Waals surface area contributed by atoms with Gasteiger partial charge in [0.2, 0.25) is 0 Å². The third-order valence-electron chi connectivity index (χ3n) is 3.60. The first kappa shape index (κ1) is 14.3. The van der Waals surface area contributed by atoms with E-state index in [1.165, 1.54) is 16.2 Å². The van der Waals surface area contributed by atoms with Gasteiger partial charge in [-0.2, -0.15) is 11.3 Å². The number of amides is 3. The number of hydrogen-bond acceptors (Lipinski definition) is 3. The van der Waals surface area contributed by atoms with Crippen LogP contribution in [0.2, 0.25) is 0 Å². The van der Waals surface area contributed by atoms with Gasteiger partial charge in [-0.1, -0.05) is 28.1 Å². The molecule has 1 fully saturated rings. The molecule has 0 aliphatic carbocycles. The zero-order valence-corrected chi connectivity index (χ0v) is 13.7. The quantitative estimate of drug-likeness (QED) is 0.847. The fraction of sp³-hybridized carbons (Fsp3) is 0.200. The van der Waals surface area contributed by atoms with E-state index in [2.05, 4.69) is 21.2 Å². The summed E-state index contributed by atoms with van der Waals surface area (Å²) < 4.78 is 0.924. The van der Waals surface area contributed by atoms with Gasteiger partial charge >= 0.3 is 6.03 Å². The Morgan fingerprint density at radius 3 is 2.81 bits per heavy atom. The maximum Gasteiger partial charge on any atom is 0.325 e. The molecule has 1 atom stereocenters. The van der Waals surface area contributed by atoms with Crippen LogP contribution < -0.4 is 5.32 Å². The second kappa shape index (κ2) is 5.27. The Bertz CT molecular complexity index is 701. The highest BCUT2D eigenvalue weighted by molar-refractivity contribution is 9.10. The fourth-order valence-corrected chi connectivity index (χ4v) is 3.61. The normalized spacial score (nSPS) is 21.7. The standard InChI is InChI=1S/C15H13BrN2O2S/c1-15(11-5-6-21-9-11)13(19)18(14(20)17-15)8-10-3-2-4-12(16)7-10/h2-7,9H,8H2,1H3,(H,17,20). The second-order valence-corrected chi connectivity index (χ2v) is 6.78. The maximum absolute atomic E-state index is 12.7. The van der Waals surface area contributed by atoms with Gasteiger partial charge < -0.3 is 5.32 Å². The van der Waals surface area contributed by atoms with Crippen molar-refractivity contribution in [2.24, 2.45) is 0 Å². The number of halogens is 1. The minimum absolute atomic E-state index is 0.217. The molecular formula is C15H13BrN2O2S. The minimum atomic E-state index is -0.969. The van der Waals surface area contributed by atoms with Crippen molar-refractivity contribution in [1.29, 1.82) is 0 Å². The molecule has 1 aromatic heterocycles. The monoisotopic (exact) mass is 364 g/mol. The number of urea groups is 1. The first-order chi connectivity index (χ1) is 10.0. The van der Waals surface area contributed by atoms with E-state index in [0.29, 0.717) is 0 Å². The molecule has 0 radical (unpaired) electrons. The van der Waals surface area contributed by atoms with Crippen LogP contribution in [0.25, 0.3) is 0 Å². The lowest BCUT2D eigenvalue weighted by molar-refractivity contribution is -0.131. The van der Waals surface area contributed by atoms with Crippen LogP contribution >= 0.6 is 27.3 Å². The second-order valence-electron chi connectivity index (χ2n) is 5.09. The molecule has 3 rings (SSSR count). The summed E-state index contributed by atoms with van der Waals surface area (Å²) >= 11 is 4.90. The van der Waals surface area contributed by atoms with Gasteiger partial charge in [-0.15, -0.1) is 0 Å². The highest BCUT2D eigenvalue weighted by atomic mass is 79.9. The number of nitrogens with one attached hydrogen (secondary N) is 1. The van der Waals surface area contributed by atoms with Crippen LogP contribution in [0.5, 0.6) is 0 Å². The predicted octanol–water partition coefficient (Wildman–Crippen LogP) is 3.48. The smallest absolute Gasteiger partial charge is 0.319 e. The van der Waals surface area contributed by atoms with Gasteiger partial charge in [0.15, 0.2) is 0 Å². The number of carbonyl (C=O) groups is 2. The Morgan fingerprint density at radius 1 is 1.33 bits per heavy atom. The number of thiophene rings is 1. The SMILES string of the molecule is CC1(c2ccsc2)NC(=O)N(Cc2cccc(Br)c2)C1=O. The van der Waals surface area contributed by atoms with Crippen molar-refractivity contribution in [3.05, 3.63) is 56.7 Å². The van der Waals surface area contributed by atoms with Crippen molar-refractivity contribution < 1.29 is 9.59 Å². The summed E-state index contributed by atoms with van der Waals surface area (Å²) in [7, 11) is 0. The molecule has 0 spiro atoms. The van der Waals surface area contributed by atoms with Crippen molar-refractivity contribution in [3.63, 3.8) is 0 Å². The molecule has 21 heavy (non-hydrogen) atoms. The molecule has 2 aromatic rings. The zero-order valence-electron chi connectivity index (χ0n) is 11.3. The van der Waals surface area contributed by atoms with Crippen LogP contribution in [-0.2, 0) is 16.9 Å². The van der Waals surface area contributed by atoms with Gasteiger partial charge in [0.05, 0.1) is 6.54 Å². The lowest BCUT2D eigenvalue weighted by atomic mass is 9.95. The van der Waals surface area contributed by atoms with Crippen molar-refractivity contribution in [2.75, 3.05) is 0 Å². The third-order valence-corrected chi connectivity index (χ3v) is 4.78. The molecule has 108 valence electrons. The molecule has 0 bridgehead atoms. The van der Waals surface area contributed by atoms with Gasteiger partial charge in [0.1, 0.15) is 5.54 Å². The zero-order chi connectivity index (χ0) is 15.0. The van der Waals surface area contributed by atoms with E-state index >= 15 is 0 Å². The lowest BCUT2D eigenvalue weighted by Gasteiger charge is -2.20. The molecular weight excluding hydrogens is 352 g/mol. The summed E-state index contributed by atoms with van der Waals surface area (Å²) in [4.78, 5) is 26.1. The first-order valence-corrected chi connectivity index (χ1v) is 8.15. The topological polar surface area (TPSA) is 49.4 Å². The van der Waals surface area contributed by atoms with Gasteiger partial charge in [0.25, 0.3) is 5.91 Å². The summed E-state index contributed by atoms with van der Waals surface area (Å²) in [6, 6.07) is 9.10. The fourth-order valence-electron chi connectivity index (χ4n) is 2.40. The molecule has 2 heterocycles. The molecule has 1 aromatic carbocycles. The molecule has 1 aliphatic heterocycles. The van der Waals surface area contributed by atoms with Crippen LogP contribution in [0.4, 0.5) is 4.79 Å². The van der Waals surface area contributed by atoms with Crippen LogP contribution in [0.3, 0.4) is 0 Å². The predicted molar refractivity (Wildman–Crippen MR) is 84.9 cm³/mol. The Hall–Kier alpha value is -1.66. The molecule has 1 aliphatic rings. The molecule has 1 N–H and O–H groups in total. The van der Waals surface area contributed by atoms with Crippen molar-refractivity contribution in [1.82, 2.24) is 10.2 Å². The number of benzene rings is 1. The lowest BCUT2D eigenvalue weighted by Crippen LogP contribution is -2.40. The minimum Gasteiger partial charge on any atom is -0.319 e. The van der Waals surface area contributed by atoms with E-state index in [9.17, 15) is 9.59 Å². The summed E-state index contributed by atoms with van der Waals surface area (Å²) in [5.41, 5.74) is 0.758. The third kappa shape index (κ3) is 2.49. The highest BCUT2D eigenvalue weighted by Crippen LogP contribution is 2.31. The van der Waals surface area contributed by atoms with Gasteiger partial charge in [-0.3, -0.25) is 9.69 Å². The number of carbonyl (C=O) groups excluding carboxylic acids is 2. The molecule has 1 saturated heterocycles. The van der Waals surface area contributed by atoms with Gasteiger partial charge in [-0.25, -0.2) is 4.79 Å². The summed E-state index contributed by atoms with van der Waals surface area (Å²) in [5.74, 6) is -0.217. The van der Waals surface area contributed by atoms with Crippen molar-refractivity contribution in [2.45, 2.75) is 19.0 Å². The Morgan fingerprint density at radius 2 is 2.14 bits per heavy atom. The molecule has 0 saturated carbocycles. The maximum atomic E-state index is 12.7. The van der Waals surface area contributed by atoms with E-state index < -0.39 is 5.54 Å². The number of imide groups is 1. The Labute approximate surface area is 134 Å². The van der Waals surface area contributed by atoms with Crippen LogP contribution in [0.1, 0.15) is 18.1 Å². The van der Waals surface area contributed by atoms with E-state index in [4.69, 9.17) is 0 Å². The van der Waals surface area contributed by atoms with Gasteiger partial charge in [0, 0.05) is 4.47 Å². The average molecular weight is 365 g/mol. The van der Waals surface area contributed by atoms with Gasteiger partial charge in [-0.05, 0) is 47.0 Å². The Balaban J connectivity index is 1.88. The van der Waals surface area contributed by atoms with E-state index in [1.54, 1.807) is 6.92 Å². The molecule has 6 heteroatoms. The number of hydrogen-bond donors (Lipinski definition) is 1. The average Bonchev–Trinajstić information content (AvgIpc) is 3.04. The largest absolute Gasteiger partial charge is 0.325 e. The Kier molecular flexibility index (Phi) is 3.59. The highest BCUT2D eigenvalue weighted by Gasteiger charge is 2.49.